The molecule has 7 heteroatoms. The molecule has 140 valence electrons. The van der Waals surface area contributed by atoms with Crippen LogP contribution in [0.3, 0.4) is 0 Å². The van der Waals surface area contributed by atoms with Crippen molar-refractivity contribution < 1.29 is 9.53 Å². The Morgan fingerprint density at radius 2 is 2.00 bits per heavy atom. The van der Waals surface area contributed by atoms with Crippen LogP contribution in [0.25, 0.3) is 0 Å². The highest BCUT2D eigenvalue weighted by atomic mass is 35.5. The second-order valence-corrected chi connectivity index (χ2v) is 6.15. The number of amides is 1. The first-order valence-corrected chi connectivity index (χ1v) is 7.83. The largest absolute Gasteiger partial charge is 0.493 e. The summed E-state index contributed by atoms with van der Waals surface area (Å²) in [6, 6.07) is 7.42. The Morgan fingerprint density at radius 3 is 2.58 bits per heavy atom. The van der Waals surface area contributed by atoms with E-state index in [2.05, 4.69) is 10.2 Å². The molecule has 1 rings (SSSR count). The van der Waals surface area contributed by atoms with Crippen molar-refractivity contribution in [2.24, 2.45) is 5.73 Å². The summed E-state index contributed by atoms with van der Waals surface area (Å²) in [6.07, 6.45) is 2.48. The van der Waals surface area contributed by atoms with Crippen molar-refractivity contribution in [3.63, 3.8) is 0 Å². The minimum absolute atomic E-state index is 0. The number of benzene rings is 1. The Morgan fingerprint density at radius 1 is 1.33 bits per heavy atom. The summed E-state index contributed by atoms with van der Waals surface area (Å²) in [5, 5.41) is 2.86. The molecule has 0 heterocycles. The number of anilines is 1. The Bertz CT molecular complexity index is 483. The van der Waals surface area contributed by atoms with E-state index in [0.717, 1.165) is 25.1 Å². The number of hydrogen-bond donors (Lipinski definition) is 2. The van der Waals surface area contributed by atoms with E-state index in [0.29, 0.717) is 18.7 Å². The molecule has 3 N–H and O–H groups in total. The van der Waals surface area contributed by atoms with Gasteiger partial charge in [-0.3, -0.25) is 4.79 Å². The van der Waals surface area contributed by atoms with E-state index in [4.69, 9.17) is 10.5 Å². The van der Waals surface area contributed by atoms with Crippen LogP contribution < -0.4 is 15.8 Å². The molecule has 0 saturated heterocycles. The van der Waals surface area contributed by atoms with E-state index in [1.54, 1.807) is 6.92 Å². The number of nitrogens with one attached hydrogen (secondary N) is 1. The lowest BCUT2D eigenvalue weighted by Crippen LogP contribution is -2.48. The van der Waals surface area contributed by atoms with Crippen LogP contribution in [0.15, 0.2) is 24.3 Å². The fourth-order valence-corrected chi connectivity index (χ4v) is 2.14. The summed E-state index contributed by atoms with van der Waals surface area (Å²) in [7, 11) is 4.08. The number of rotatable bonds is 9. The first-order valence-electron chi connectivity index (χ1n) is 7.83. The molecular formula is C17H31Cl2N3O2. The third-order valence-electron chi connectivity index (χ3n) is 3.40. The van der Waals surface area contributed by atoms with Crippen molar-refractivity contribution in [3.8, 4) is 5.75 Å². The minimum atomic E-state index is -0.850. The molecule has 5 nitrogen and oxygen atoms in total. The summed E-state index contributed by atoms with van der Waals surface area (Å²) in [4.78, 5) is 14.3. The highest BCUT2D eigenvalue weighted by Gasteiger charge is 2.27. The van der Waals surface area contributed by atoms with Gasteiger partial charge in [0.05, 0.1) is 12.1 Å². The first-order chi connectivity index (χ1) is 10.3. The monoisotopic (exact) mass is 379 g/mol. The molecule has 1 amide bonds. The SMILES string of the molecule is CCCC(C)(N)C(=O)Nc1cccc(OCCCN(C)C)c1.Cl.Cl. The first kappa shape index (κ1) is 25.2. The van der Waals surface area contributed by atoms with Crippen LogP contribution in [-0.4, -0.2) is 43.6 Å². The molecular weight excluding hydrogens is 349 g/mol. The van der Waals surface area contributed by atoms with Crippen LogP contribution >= 0.6 is 24.8 Å². The van der Waals surface area contributed by atoms with Crippen LogP contribution in [0, 0.1) is 0 Å². The predicted octanol–water partition coefficient (Wildman–Crippen LogP) is 3.32. The van der Waals surface area contributed by atoms with Crippen LogP contribution in [0.1, 0.15) is 33.1 Å². The molecule has 1 atom stereocenters. The number of nitrogens with two attached hydrogens (primary N) is 1. The Labute approximate surface area is 158 Å². The van der Waals surface area contributed by atoms with E-state index >= 15 is 0 Å². The molecule has 0 radical (unpaired) electrons. The maximum absolute atomic E-state index is 12.2. The minimum Gasteiger partial charge on any atom is -0.493 e. The van der Waals surface area contributed by atoms with Gasteiger partial charge in [0.25, 0.3) is 0 Å². The van der Waals surface area contributed by atoms with Gasteiger partial charge in [-0.25, -0.2) is 0 Å². The lowest BCUT2D eigenvalue weighted by atomic mass is 9.96. The van der Waals surface area contributed by atoms with E-state index in [-0.39, 0.29) is 30.7 Å². The standard InChI is InChI=1S/C17H29N3O2.2ClH/c1-5-10-17(2,18)16(21)19-14-8-6-9-15(13-14)22-12-7-11-20(3)4;;/h6,8-9,13H,5,7,10-12,18H2,1-4H3,(H,19,21);2*1H. The third-order valence-corrected chi connectivity index (χ3v) is 3.40. The predicted molar refractivity (Wildman–Crippen MR) is 106 cm³/mol. The van der Waals surface area contributed by atoms with Crippen LogP contribution in [0.5, 0.6) is 5.75 Å². The van der Waals surface area contributed by atoms with Gasteiger partial charge in [-0.2, -0.15) is 0 Å². The molecule has 1 unspecified atom stereocenters. The maximum atomic E-state index is 12.2. The molecule has 1 aromatic carbocycles. The van der Waals surface area contributed by atoms with Crippen molar-refractivity contribution in [3.05, 3.63) is 24.3 Å². The lowest BCUT2D eigenvalue weighted by molar-refractivity contribution is -0.120. The Hall–Kier alpha value is -1.01. The second-order valence-electron chi connectivity index (χ2n) is 6.15. The van der Waals surface area contributed by atoms with E-state index in [1.165, 1.54) is 0 Å². The fourth-order valence-electron chi connectivity index (χ4n) is 2.14. The molecule has 0 spiro atoms. The summed E-state index contributed by atoms with van der Waals surface area (Å²) < 4.78 is 5.70. The smallest absolute Gasteiger partial charge is 0.244 e. The van der Waals surface area contributed by atoms with Gasteiger partial charge in [0, 0.05) is 18.3 Å². The summed E-state index contributed by atoms with van der Waals surface area (Å²) in [5.74, 6) is 0.588. The molecule has 0 saturated carbocycles. The van der Waals surface area contributed by atoms with Crippen molar-refractivity contribution in [2.45, 2.75) is 38.6 Å². The highest BCUT2D eigenvalue weighted by molar-refractivity contribution is 5.97. The van der Waals surface area contributed by atoms with Crippen LogP contribution in [-0.2, 0) is 4.79 Å². The van der Waals surface area contributed by atoms with Crippen LogP contribution in [0.4, 0.5) is 5.69 Å². The third kappa shape index (κ3) is 9.33. The van der Waals surface area contributed by atoms with Gasteiger partial charge in [-0.1, -0.05) is 19.4 Å². The quantitative estimate of drug-likeness (QED) is 0.645. The number of nitrogens with zero attached hydrogens (tertiary/aromatic N) is 1. The highest BCUT2D eigenvalue weighted by Crippen LogP contribution is 2.19. The average molecular weight is 380 g/mol. The number of ether oxygens (including phenoxy) is 1. The average Bonchev–Trinajstić information content (AvgIpc) is 2.44. The molecule has 0 fully saturated rings. The molecule has 0 aliphatic carbocycles. The van der Waals surface area contributed by atoms with E-state index in [1.807, 2.05) is 45.3 Å². The molecule has 0 bridgehead atoms. The van der Waals surface area contributed by atoms with Gasteiger partial charge in [-0.15, -0.1) is 24.8 Å². The zero-order valence-electron chi connectivity index (χ0n) is 15.0. The van der Waals surface area contributed by atoms with Crippen molar-refractivity contribution in [1.82, 2.24) is 4.90 Å². The molecule has 0 aliphatic rings. The van der Waals surface area contributed by atoms with E-state index in [9.17, 15) is 4.79 Å². The molecule has 0 aliphatic heterocycles. The zero-order chi connectivity index (χ0) is 16.6. The normalized spacial score (nSPS) is 12.6. The van der Waals surface area contributed by atoms with Gasteiger partial charge < -0.3 is 20.7 Å². The maximum Gasteiger partial charge on any atom is 0.244 e. The number of carbonyl (C=O) groups excluding carboxylic acids is 1. The molecule has 1 aromatic rings. The molecule has 0 aromatic heterocycles. The summed E-state index contributed by atoms with van der Waals surface area (Å²) >= 11 is 0. The second kappa shape index (κ2) is 12.4. The van der Waals surface area contributed by atoms with Gasteiger partial charge in [0.1, 0.15) is 5.75 Å². The van der Waals surface area contributed by atoms with E-state index < -0.39 is 5.54 Å². The Kier molecular flexibility index (Phi) is 13.0. The van der Waals surface area contributed by atoms with Crippen molar-refractivity contribution >= 4 is 36.4 Å². The Balaban J connectivity index is 0. The number of carbonyl (C=O) groups is 1. The van der Waals surface area contributed by atoms with Crippen molar-refractivity contribution in [2.75, 3.05) is 32.6 Å². The van der Waals surface area contributed by atoms with Gasteiger partial charge >= 0.3 is 0 Å². The van der Waals surface area contributed by atoms with Crippen LogP contribution in [0.2, 0.25) is 0 Å². The zero-order valence-corrected chi connectivity index (χ0v) is 16.6. The van der Waals surface area contributed by atoms with Gasteiger partial charge in [-0.05, 0) is 46.0 Å². The van der Waals surface area contributed by atoms with Gasteiger partial charge in [0.2, 0.25) is 5.91 Å². The summed E-state index contributed by atoms with van der Waals surface area (Å²) in [6.45, 7) is 5.41. The lowest BCUT2D eigenvalue weighted by Gasteiger charge is -2.23. The fraction of sp³-hybridized carbons (Fsp3) is 0.588. The summed E-state index contributed by atoms with van der Waals surface area (Å²) in [5.41, 5.74) is 5.90. The number of hydrogen-bond acceptors (Lipinski definition) is 4. The topological polar surface area (TPSA) is 67.6 Å². The van der Waals surface area contributed by atoms with Crippen molar-refractivity contribution in [1.29, 1.82) is 0 Å². The number of halogens is 2. The molecule has 24 heavy (non-hydrogen) atoms. The van der Waals surface area contributed by atoms with Gasteiger partial charge in [0.15, 0.2) is 0 Å².